The van der Waals surface area contributed by atoms with Crippen LogP contribution < -0.4 is 16.2 Å². The van der Waals surface area contributed by atoms with E-state index in [4.69, 9.17) is 20.9 Å². The lowest BCUT2D eigenvalue weighted by atomic mass is 9.58. The number of nitriles is 3. The van der Waals surface area contributed by atoms with E-state index in [0.29, 0.717) is 23.5 Å². The summed E-state index contributed by atoms with van der Waals surface area (Å²) in [7, 11) is 0. The van der Waals surface area contributed by atoms with Crippen LogP contribution in [0.5, 0.6) is 5.75 Å². The number of hydrogen-bond donors (Lipinski definition) is 2. The third-order valence-electron chi connectivity index (χ3n) is 5.03. The highest BCUT2D eigenvalue weighted by molar-refractivity contribution is 5.75. The quantitative estimate of drug-likeness (QED) is 0.793. The van der Waals surface area contributed by atoms with Crippen molar-refractivity contribution in [2.45, 2.75) is 5.92 Å². The number of nitrogens with two attached hydrogens (primary N) is 2. The van der Waals surface area contributed by atoms with Crippen LogP contribution in [0.1, 0.15) is 11.5 Å². The molecule has 8 heteroatoms. The molecule has 1 aliphatic heterocycles. The minimum Gasteiger partial charge on any atom is -0.484 e. The normalized spacial score (nSPS) is 22.7. The summed E-state index contributed by atoms with van der Waals surface area (Å²) in [5.41, 5.74) is 11.0. The molecule has 0 bridgehead atoms. The number of amides is 1. The number of rotatable bonds is 4. The predicted octanol–water partition coefficient (Wildman–Crippen LogP) is 0.991. The zero-order chi connectivity index (χ0) is 20.3. The zero-order valence-electron chi connectivity index (χ0n) is 14.9. The first-order chi connectivity index (χ1) is 13.5. The molecule has 1 aromatic rings. The summed E-state index contributed by atoms with van der Waals surface area (Å²) >= 11 is 0. The smallest absolute Gasteiger partial charge is 0.255 e. The minimum absolute atomic E-state index is 0.0575. The van der Waals surface area contributed by atoms with E-state index in [1.54, 1.807) is 30.3 Å². The third-order valence-corrected chi connectivity index (χ3v) is 5.03. The minimum atomic E-state index is -1.74. The van der Waals surface area contributed by atoms with Crippen LogP contribution in [-0.4, -0.2) is 25.7 Å². The lowest BCUT2D eigenvalue weighted by Crippen LogP contribution is -2.44. The van der Waals surface area contributed by atoms with Crippen LogP contribution in [0.2, 0.25) is 0 Å². The Morgan fingerprint density at radius 2 is 2.07 bits per heavy atom. The van der Waals surface area contributed by atoms with Crippen LogP contribution in [0.25, 0.3) is 0 Å². The largest absolute Gasteiger partial charge is 0.484 e. The van der Waals surface area contributed by atoms with Crippen molar-refractivity contribution < 1.29 is 14.3 Å². The summed E-state index contributed by atoms with van der Waals surface area (Å²) < 4.78 is 10.9. The van der Waals surface area contributed by atoms with E-state index < -0.39 is 23.2 Å². The van der Waals surface area contributed by atoms with Gasteiger partial charge in [-0.3, -0.25) is 4.79 Å². The van der Waals surface area contributed by atoms with E-state index in [0.717, 1.165) is 0 Å². The molecule has 3 rings (SSSR count). The van der Waals surface area contributed by atoms with E-state index in [1.165, 1.54) is 0 Å². The van der Waals surface area contributed by atoms with Gasteiger partial charge in [0.2, 0.25) is 0 Å². The van der Waals surface area contributed by atoms with Gasteiger partial charge in [-0.15, -0.1) is 0 Å². The van der Waals surface area contributed by atoms with E-state index in [1.807, 2.05) is 18.2 Å². The number of nitrogens with zero attached hydrogens (tertiary/aromatic N) is 3. The SMILES string of the molecule is N#CC1=C(N)C(C#N)(C#N)[C@@H](c2cccc(OCC(N)=O)c2)[C@H]2COCC=C12. The maximum atomic E-state index is 11.0. The summed E-state index contributed by atoms with van der Waals surface area (Å²) in [4.78, 5) is 11.0. The molecule has 0 radical (unpaired) electrons. The van der Waals surface area contributed by atoms with Crippen molar-refractivity contribution in [1.29, 1.82) is 15.8 Å². The van der Waals surface area contributed by atoms with Crippen molar-refractivity contribution in [2.24, 2.45) is 22.8 Å². The molecule has 1 aromatic carbocycles. The molecule has 4 N–H and O–H groups in total. The third kappa shape index (κ3) is 2.95. The number of fused-ring (bicyclic) bond motifs is 1. The number of hydrogen-bond acceptors (Lipinski definition) is 7. The average molecular weight is 375 g/mol. The maximum Gasteiger partial charge on any atom is 0.255 e. The monoisotopic (exact) mass is 375 g/mol. The predicted molar refractivity (Wildman–Crippen MR) is 96.7 cm³/mol. The fourth-order valence-corrected chi connectivity index (χ4v) is 3.81. The Bertz CT molecular complexity index is 992. The second-order valence-corrected chi connectivity index (χ2v) is 6.54. The Hall–Kier alpha value is -3.80. The topological polar surface area (TPSA) is 159 Å². The number of primary amides is 1. The molecule has 0 unspecified atom stereocenters. The van der Waals surface area contributed by atoms with Crippen molar-refractivity contribution in [3.05, 3.63) is 52.7 Å². The number of benzene rings is 1. The molecule has 1 amide bonds. The Morgan fingerprint density at radius 1 is 1.32 bits per heavy atom. The number of ether oxygens (including phenoxy) is 2. The summed E-state index contributed by atoms with van der Waals surface area (Å²) in [6.45, 7) is 0.269. The molecule has 0 spiro atoms. The maximum absolute atomic E-state index is 11.0. The van der Waals surface area contributed by atoms with Crippen LogP contribution in [0.3, 0.4) is 0 Å². The lowest BCUT2D eigenvalue weighted by Gasteiger charge is -2.43. The number of allylic oxidation sites excluding steroid dienone is 2. The average Bonchev–Trinajstić information content (AvgIpc) is 2.71. The van der Waals surface area contributed by atoms with Gasteiger partial charge >= 0.3 is 0 Å². The summed E-state index contributed by atoms with van der Waals surface area (Å²) in [6.07, 6.45) is 1.76. The first-order valence-electron chi connectivity index (χ1n) is 8.50. The fraction of sp³-hybridized carbons (Fsp3) is 0.300. The van der Waals surface area contributed by atoms with Crippen LogP contribution in [0.15, 0.2) is 47.2 Å². The van der Waals surface area contributed by atoms with Gasteiger partial charge < -0.3 is 20.9 Å². The van der Waals surface area contributed by atoms with E-state index in [-0.39, 0.29) is 24.5 Å². The molecule has 0 fully saturated rings. The molecule has 1 aliphatic carbocycles. The summed E-state index contributed by atoms with van der Waals surface area (Å²) in [5.74, 6) is -1.33. The van der Waals surface area contributed by atoms with E-state index >= 15 is 0 Å². The Morgan fingerprint density at radius 3 is 2.71 bits per heavy atom. The van der Waals surface area contributed by atoms with Crippen molar-refractivity contribution in [2.75, 3.05) is 19.8 Å². The highest BCUT2D eigenvalue weighted by atomic mass is 16.5. The first-order valence-corrected chi connectivity index (χ1v) is 8.50. The van der Waals surface area contributed by atoms with Crippen molar-refractivity contribution in [3.63, 3.8) is 0 Å². The second-order valence-electron chi connectivity index (χ2n) is 6.54. The lowest BCUT2D eigenvalue weighted by molar-refractivity contribution is -0.119. The Balaban J connectivity index is 2.18. The molecule has 2 atom stereocenters. The Kier molecular flexibility index (Phi) is 5.04. The second kappa shape index (κ2) is 7.44. The van der Waals surface area contributed by atoms with Crippen molar-refractivity contribution in [3.8, 4) is 24.0 Å². The molecule has 2 aliphatic rings. The molecular formula is C20H17N5O3. The number of carbonyl (C=O) groups excluding carboxylic acids is 1. The van der Waals surface area contributed by atoms with Gasteiger partial charge in [-0.25, -0.2) is 0 Å². The van der Waals surface area contributed by atoms with Gasteiger partial charge in [0.25, 0.3) is 5.91 Å². The van der Waals surface area contributed by atoms with Crippen LogP contribution in [0.4, 0.5) is 0 Å². The van der Waals surface area contributed by atoms with Gasteiger partial charge in [-0.05, 0) is 23.3 Å². The molecule has 0 aromatic heterocycles. The molecule has 1 heterocycles. The van der Waals surface area contributed by atoms with Crippen LogP contribution in [-0.2, 0) is 9.53 Å². The van der Waals surface area contributed by atoms with Crippen molar-refractivity contribution >= 4 is 5.91 Å². The van der Waals surface area contributed by atoms with Gasteiger partial charge in [0, 0.05) is 11.8 Å². The molecule has 28 heavy (non-hydrogen) atoms. The zero-order valence-corrected chi connectivity index (χ0v) is 14.9. The van der Waals surface area contributed by atoms with Gasteiger partial charge in [0.15, 0.2) is 12.0 Å². The van der Waals surface area contributed by atoms with E-state index in [2.05, 4.69) is 0 Å². The highest BCUT2D eigenvalue weighted by Crippen LogP contribution is 2.54. The van der Waals surface area contributed by atoms with E-state index in [9.17, 15) is 20.6 Å². The number of carbonyl (C=O) groups is 1. The van der Waals surface area contributed by atoms with Gasteiger partial charge in [0.1, 0.15) is 11.8 Å². The standard InChI is InChI=1S/C20H17N5O3/c21-7-15-14-4-5-27-8-16(14)18(20(10-22,11-23)19(15)25)12-2-1-3-13(6-12)28-9-17(24)26/h1-4,6,16,18H,5,8-9,25H2,(H2,24,26)/t16-,18-/m0/s1. The molecule has 0 saturated carbocycles. The molecule has 0 saturated heterocycles. The van der Waals surface area contributed by atoms with Gasteiger partial charge in [-0.1, -0.05) is 18.2 Å². The van der Waals surface area contributed by atoms with Gasteiger partial charge in [0.05, 0.1) is 36.6 Å². The molecule has 8 nitrogen and oxygen atoms in total. The summed E-state index contributed by atoms with van der Waals surface area (Å²) in [5, 5.41) is 29.5. The first kappa shape index (κ1) is 19.0. The van der Waals surface area contributed by atoms with Crippen molar-refractivity contribution in [1.82, 2.24) is 0 Å². The fourth-order valence-electron chi connectivity index (χ4n) is 3.81. The molecule has 140 valence electrons. The molecular weight excluding hydrogens is 358 g/mol. The van der Waals surface area contributed by atoms with Crippen LogP contribution in [0, 0.1) is 45.3 Å². The summed E-state index contributed by atoms with van der Waals surface area (Å²) in [6, 6.07) is 12.9. The Labute approximate surface area is 161 Å². The highest BCUT2D eigenvalue weighted by Gasteiger charge is 2.54. The van der Waals surface area contributed by atoms with Gasteiger partial charge in [-0.2, -0.15) is 15.8 Å². The van der Waals surface area contributed by atoms with Crippen LogP contribution >= 0.6 is 0 Å².